The minimum absolute atomic E-state index is 0.0500. The van der Waals surface area contributed by atoms with Crippen LogP contribution in [0.2, 0.25) is 0 Å². The van der Waals surface area contributed by atoms with Crippen molar-refractivity contribution in [3.8, 4) is 67.5 Å². The molecule has 0 amide bonds. The Kier molecular flexibility index (Phi) is 7.32. The van der Waals surface area contributed by atoms with Crippen molar-refractivity contribution >= 4 is 11.0 Å². The zero-order valence-corrected chi connectivity index (χ0v) is 39.0. The summed E-state index contributed by atoms with van der Waals surface area (Å²) in [6, 6.07) is 24.6. The van der Waals surface area contributed by atoms with E-state index in [1.165, 1.54) is 0 Å². The number of hydrogen-bond acceptors (Lipinski definition) is 3. The summed E-state index contributed by atoms with van der Waals surface area (Å²) in [5.41, 5.74) is 0.261. The zero-order valence-electron chi connectivity index (χ0n) is 56.0. The number of fused-ring (bicyclic) bond motifs is 1. The van der Waals surface area contributed by atoms with Gasteiger partial charge >= 0.3 is 0 Å². The van der Waals surface area contributed by atoms with E-state index in [2.05, 4.69) is 25.8 Å². The Morgan fingerprint density at radius 2 is 1.26 bits per heavy atom. The summed E-state index contributed by atoms with van der Waals surface area (Å²) in [5, 5.41) is 12.5. The van der Waals surface area contributed by atoms with Crippen LogP contribution >= 0.6 is 0 Å². The van der Waals surface area contributed by atoms with Gasteiger partial charge in [0.2, 0.25) is 0 Å². The monoisotopic (exact) mass is 875 g/mol. The van der Waals surface area contributed by atoms with Gasteiger partial charge in [-0.2, -0.15) is 0 Å². The quantitative estimate of drug-likeness (QED) is 0.174. The van der Waals surface area contributed by atoms with Crippen LogP contribution in [0.4, 0.5) is 0 Å². The fraction of sp³-hybridized carbons (Fsp3) is 0.311. The Labute approximate surface area is 412 Å². The van der Waals surface area contributed by atoms with Crippen LogP contribution in [0, 0.1) is 0 Å². The molecule has 0 atom stereocenters. The average molecular weight is 875 g/mol. The van der Waals surface area contributed by atoms with Gasteiger partial charge in [0.05, 0.1) is 31.9 Å². The first kappa shape index (κ1) is 28.6. The number of phenols is 1. The highest BCUT2D eigenvalue weighted by Crippen LogP contribution is 2.45. The van der Waals surface area contributed by atoms with Crippen molar-refractivity contribution in [3.63, 3.8) is 0 Å². The second-order valence-corrected chi connectivity index (χ2v) is 20.2. The lowest BCUT2D eigenvalue weighted by Crippen LogP contribution is -2.17. The Balaban J connectivity index is 1.45. The van der Waals surface area contributed by atoms with Gasteiger partial charge in [0.25, 0.3) is 0 Å². The van der Waals surface area contributed by atoms with E-state index in [9.17, 15) is 10.6 Å². The molecule has 0 radical (unpaired) electrons. The maximum atomic E-state index is 12.5. The molecule has 0 aliphatic heterocycles. The molecule has 8 rings (SSSR count). The van der Waals surface area contributed by atoms with Gasteiger partial charge in [0.15, 0.2) is 0 Å². The lowest BCUT2D eigenvalue weighted by molar-refractivity contribution is 0.446. The molecule has 65 heavy (non-hydrogen) atoms. The third-order valence-electron chi connectivity index (χ3n) is 11.8. The molecular formula is C61H67N3O. The third kappa shape index (κ3) is 9.06. The predicted octanol–water partition coefficient (Wildman–Crippen LogP) is 16.8. The van der Waals surface area contributed by atoms with Crippen LogP contribution in [0.1, 0.15) is 154 Å². The molecule has 0 aliphatic rings. The molecule has 0 aliphatic carbocycles. The summed E-state index contributed by atoms with van der Waals surface area (Å²) in [6.07, 6.45) is -0.739. The Bertz CT molecular complexity index is 3780. The minimum atomic E-state index is -3.93. The van der Waals surface area contributed by atoms with E-state index in [-0.39, 0.29) is 22.4 Å². The fourth-order valence-electron chi connectivity index (χ4n) is 8.10. The number of aromatic nitrogens is 3. The molecule has 2 heterocycles. The molecule has 8 aromatic rings. The van der Waals surface area contributed by atoms with Gasteiger partial charge in [-0.05, 0) is 126 Å². The van der Waals surface area contributed by atoms with Crippen molar-refractivity contribution < 1.29 is 28.4 Å². The SMILES string of the molecule is [2H]c1nc(-c2cc(-c3cccc4c3nc(-c3cc(C(C)(C)C)cc(C(C)(C)C)c3O)n4-c3ccc(-c4ccccc4)c(C([2H])(C)C)c3)cc(C(C)(C)C)c2)c([2H])c(-c2c([2H])c([2H])c(C(C([2H])([2H])[2H])(C([2H])([2H])[2H])C([2H])([2H])[2H])c([2H])c2[2H])c1[2H]. The van der Waals surface area contributed by atoms with Crippen LogP contribution in [0.3, 0.4) is 0 Å². The first-order valence-electron chi connectivity index (χ1n) is 30.3. The first-order chi connectivity index (χ1) is 37.5. The average Bonchev–Trinajstić information content (AvgIpc) is 0.825. The maximum Gasteiger partial charge on any atom is 0.149 e. The van der Waals surface area contributed by atoms with Crippen molar-refractivity contribution in [2.24, 2.45) is 0 Å². The minimum Gasteiger partial charge on any atom is -0.507 e. The third-order valence-corrected chi connectivity index (χ3v) is 11.8. The molecule has 2 aromatic heterocycles. The molecule has 0 fully saturated rings. The van der Waals surface area contributed by atoms with Gasteiger partial charge in [0, 0.05) is 42.3 Å². The highest BCUT2D eigenvalue weighted by molar-refractivity contribution is 5.97. The molecule has 4 heteroatoms. The van der Waals surface area contributed by atoms with Crippen molar-refractivity contribution in [3.05, 3.63) is 167 Å². The lowest BCUT2D eigenvalue weighted by atomic mass is 9.79. The number of nitrogens with zero attached hydrogens (tertiary/aromatic N) is 3. The summed E-state index contributed by atoms with van der Waals surface area (Å²) < 4.78 is 150. The van der Waals surface area contributed by atoms with E-state index >= 15 is 0 Å². The van der Waals surface area contributed by atoms with Gasteiger partial charge in [-0.1, -0.05) is 182 Å². The Morgan fingerprint density at radius 1 is 0.585 bits per heavy atom. The van der Waals surface area contributed by atoms with Crippen molar-refractivity contribution in [2.75, 3.05) is 0 Å². The second kappa shape index (κ2) is 16.6. The van der Waals surface area contributed by atoms with Gasteiger partial charge in [-0.3, -0.25) is 9.55 Å². The predicted molar refractivity (Wildman–Crippen MR) is 277 cm³/mol. The number of pyridine rings is 1. The van der Waals surface area contributed by atoms with Gasteiger partial charge < -0.3 is 5.11 Å². The summed E-state index contributed by atoms with van der Waals surface area (Å²) in [7, 11) is 0. The van der Waals surface area contributed by atoms with E-state index in [4.69, 9.17) is 22.8 Å². The van der Waals surface area contributed by atoms with E-state index in [1.54, 1.807) is 12.1 Å². The van der Waals surface area contributed by atoms with Crippen LogP contribution < -0.4 is 0 Å². The Hall–Kier alpha value is -6.26. The largest absolute Gasteiger partial charge is 0.507 e. The van der Waals surface area contributed by atoms with Crippen LogP contribution in [0.15, 0.2) is 139 Å². The van der Waals surface area contributed by atoms with Crippen LogP contribution in [0.5, 0.6) is 5.75 Å². The fourth-order valence-corrected chi connectivity index (χ4v) is 8.10. The number of aromatic hydroxyl groups is 1. The van der Waals surface area contributed by atoms with Gasteiger partial charge in [0.1, 0.15) is 11.6 Å². The zero-order chi connectivity index (χ0) is 61.3. The van der Waals surface area contributed by atoms with Gasteiger partial charge in [-0.25, -0.2) is 4.98 Å². The second-order valence-electron chi connectivity index (χ2n) is 20.2. The van der Waals surface area contributed by atoms with Crippen LogP contribution in [-0.4, -0.2) is 19.6 Å². The highest BCUT2D eigenvalue weighted by atomic mass is 16.3. The van der Waals surface area contributed by atoms with E-state index in [0.717, 1.165) is 22.3 Å². The number of rotatable bonds is 7. The molecule has 0 spiro atoms. The molecule has 0 bridgehead atoms. The van der Waals surface area contributed by atoms with Crippen molar-refractivity contribution in [1.29, 1.82) is 0 Å². The summed E-state index contributed by atoms with van der Waals surface area (Å²) in [5.74, 6) is -0.614. The van der Waals surface area contributed by atoms with Crippen molar-refractivity contribution in [2.45, 2.75) is 124 Å². The summed E-state index contributed by atoms with van der Waals surface area (Å²) in [4.78, 5) is 9.89. The number of imidazole rings is 1. The standard InChI is InChI=1S/C61H67N3O/c1-38(2)50-37-47(27-28-48(50)40-19-16-15-17-20-40)64-54-22-18-21-49(55(54)63-57(64)51-35-46(60(9,10)11)36-52(56(51)65)61(12,13)14)42-31-43(33-45(32-42)59(6,7)8)53-34-41(29-30-62-53)39-23-25-44(26-24-39)58(3,4)5/h15-38,65H,1-14H3/i3D3,4D3,5D3,23D,24D,25D,26D,29D,30D,34D,38D. The van der Waals surface area contributed by atoms with Gasteiger partial charge in [-0.15, -0.1) is 0 Å². The van der Waals surface area contributed by atoms with Crippen LogP contribution in [-0.2, 0) is 21.7 Å². The normalized spacial score (nSPS) is 17.2. The summed E-state index contributed by atoms with van der Waals surface area (Å²) in [6.45, 7) is 10.2. The molecule has 332 valence electrons. The molecule has 0 saturated carbocycles. The number of para-hydroxylation sites is 1. The molecule has 0 saturated heterocycles. The highest BCUT2D eigenvalue weighted by Gasteiger charge is 2.29. The van der Waals surface area contributed by atoms with Crippen LogP contribution in [0.25, 0.3) is 72.7 Å². The number of hydrogen-bond donors (Lipinski definition) is 1. The smallest absolute Gasteiger partial charge is 0.149 e. The topological polar surface area (TPSA) is 50.9 Å². The van der Waals surface area contributed by atoms with E-state index in [0.29, 0.717) is 50.4 Å². The molecule has 1 N–H and O–H groups in total. The molecule has 6 aromatic carbocycles. The van der Waals surface area contributed by atoms with Crippen molar-refractivity contribution in [1.82, 2.24) is 14.5 Å². The number of benzene rings is 6. The Morgan fingerprint density at radius 3 is 1.91 bits per heavy atom. The number of phenolic OH excluding ortho intramolecular Hbond substituents is 1. The molecule has 0 unspecified atom stereocenters. The molecule has 4 nitrogen and oxygen atoms in total. The van der Waals surface area contributed by atoms with E-state index < -0.39 is 102 Å². The summed E-state index contributed by atoms with van der Waals surface area (Å²) >= 11 is 0. The van der Waals surface area contributed by atoms with E-state index in [1.807, 2.05) is 145 Å². The maximum absolute atomic E-state index is 12.5. The lowest BCUT2D eigenvalue weighted by Gasteiger charge is -2.27. The molecular weight excluding hydrogens is 791 g/mol. The first-order valence-corrected chi connectivity index (χ1v) is 21.8.